The molecule has 28 heavy (non-hydrogen) atoms. The van der Waals surface area contributed by atoms with E-state index in [1.54, 1.807) is 19.2 Å². The molecule has 0 bridgehead atoms. The van der Waals surface area contributed by atoms with Crippen molar-refractivity contribution in [2.45, 2.75) is 6.54 Å². The Bertz CT molecular complexity index is 820. The highest BCUT2D eigenvalue weighted by Gasteiger charge is 2.19. The zero-order chi connectivity index (χ0) is 19.8. The van der Waals surface area contributed by atoms with Crippen LogP contribution in [0.2, 0.25) is 0 Å². The number of carbonyl (C=O) groups excluding carboxylic acids is 1. The summed E-state index contributed by atoms with van der Waals surface area (Å²) in [4.78, 5) is 20.1. The monoisotopic (exact) mass is 381 g/mol. The fraction of sp³-hybridized carbons (Fsp3) is 0.333. The second kappa shape index (κ2) is 9.75. The molecular weight excluding hydrogens is 354 g/mol. The maximum Gasteiger partial charge on any atom is 0.284 e. The summed E-state index contributed by atoms with van der Waals surface area (Å²) in [5.74, 6) is 1.09. The van der Waals surface area contributed by atoms with Crippen molar-refractivity contribution in [3.63, 3.8) is 0 Å². The first-order valence-electron chi connectivity index (χ1n) is 9.44. The van der Waals surface area contributed by atoms with Crippen molar-refractivity contribution >= 4 is 17.9 Å². The van der Waals surface area contributed by atoms with E-state index >= 15 is 0 Å². The van der Waals surface area contributed by atoms with Crippen LogP contribution in [0.3, 0.4) is 0 Å². The van der Waals surface area contributed by atoms with Gasteiger partial charge < -0.3 is 20.4 Å². The van der Waals surface area contributed by atoms with E-state index < -0.39 is 5.91 Å². The lowest BCUT2D eigenvalue weighted by Gasteiger charge is -2.36. The Hall–Kier alpha value is -3.06. The maximum atomic E-state index is 11.1. The van der Waals surface area contributed by atoms with Gasteiger partial charge in [-0.3, -0.25) is 14.7 Å². The van der Waals surface area contributed by atoms with Gasteiger partial charge >= 0.3 is 0 Å². The van der Waals surface area contributed by atoms with Crippen molar-refractivity contribution in [3.8, 4) is 0 Å². The van der Waals surface area contributed by atoms with Gasteiger partial charge in [-0.2, -0.15) is 0 Å². The van der Waals surface area contributed by atoms with Crippen LogP contribution in [0.15, 0.2) is 58.0 Å². The first-order chi connectivity index (χ1) is 13.7. The van der Waals surface area contributed by atoms with E-state index in [2.05, 4.69) is 56.5 Å². The number of aliphatic imine (C=N–C) groups is 1. The lowest BCUT2D eigenvalue weighted by molar-refractivity contribution is 0.0972. The summed E-state index contributed by atoms with van der Waals surface area (Å²) in [6.45, 7) is 5.17. The zero-order valence-electron chi connectivity index (χ0n) is 16.2. The lowest BCUT2D eigenvalue weighted by atomic mass is 10.2. The van der Waals surface area contributed by atoms with Crippen LogP contribution in [0.5, 0.6) is 0 Å². The van der Waals surface area contributed by atoms with Gasteiger partial charge in [0, 0.05) is 39.8 Å². The van der Waals surface area contributed by atoms with Gasteiger partial charge in [0.25, 0.3) is 5.91 Å². The molecule has 1 saturated heterocycles. The molecular formula is C21H27N5O2. The largest absolute Gasteiger partial charge is 0.454 e. The summed E-state index contributed by atoms with van der Waals surface area (Å²) >= 11 is 0. The van der Waals surface area contributed by atoms with Crippen LogP contribution in [-0.4, -0.2) is 61.4 Å². The fourth-order valence-corrected chi connectivity index (χ4v) is 3.15. The van der Waals surface area contributed by atoms with E-state index in [0.29, 0.717) is 12.3 Å². The first-order valence-corrected chi connectivity index (χ1v) is 9.44. The molecule has 1 aromatic carbocycles. The van der Waals surface area contributed by atoms with E-state index in [1.807, 2.05) is 6.07 Å². The van der Waals surface area contributed by atoms with Gasteiger partial charge in [-0.05, 0) is 17.7 Å². The average Bonchev–Trinajstić information content (AvgIpc) is 3.20. The normalized spacial score (nSPS) is 15.9. The number of guanidine groups is 1. The lowest BCUT2D eigenvalue weighted by Crippen LogP contribution is -2.52. The molecule has 0 aliphatic carbocycles. The Morgan fingerprint density at radius 1 is 1.18 bits per heavy atom. The van der Waals surface area contributed by atoms with Gasteiger partial charge in [0.1, 0.15) is 5.76 Å². The van der Waals surface area contributed by atoms with Crippen molar-refractivity contribution in [1.29, 1.82) is 0 Å². The molecule has 3 rings (SSSR count). The van der Waals surface area contributed by atoms with E-state index in [1.165, 1.54) is 5.56 Å². The number of piperazine rings is 1. The number of hydrogen-bond acceptors (Lipinski definition) is 4. The number of benzene rings is 1. The Morgan fingerprint density at radius 3 is 2.57 bits per heavy atom. The smallest absolute Gasteiger partial charge is 0.284 e. The van der Waals surface area contributed by atoms with Crippen molar-refractivity contribution < 1.29 is 9.21 Å². The summed E-state index contributed by atoms with van der Waals surface area (Å²) in [6.07, 6.45) is 4.38. The molecule has 3 N–H and O–H groups in total. The van der Waals surface area contributed by atoms with Gasteiger partial charge in [-0.1, -0.05) is 42.5 Å². The van der Waals surface area contributed by atoms with Gasteiger partial charge in [0.15, 0.2) is 11.7 Å². The number of carbonyl (C=O) groups is 1. The Morgan fingerprint density at radius 2 is 1.93 bits per heavy atom. The summed E-state index contributed by atoms with van der Waals surface area (Å²) in [6, 6.07) is 13.7. The molecule has 7 nitrogen and oxygen atoms in total. The number of primary amides is 1. The van der Waals surface area contributed by atoms with Crippen molar-refractivity contribution in [3.05, 3.63) is 65.6 Å². The number of rotatable bonds is 6. The quantitative estimate of drug-likeness (QED) is 0.588. The molecule has 7 heteroatoms. The summed E-state index contributed by atoms with van der Waals surface area (Å²) in [7, 11) is 1.77. The Kier molecular flexibility index (Phi) is 6.86. The van der Waals surface area contributed by atoms with Gasteiger partial charge in [0.2, 0.25) is 0 Å². The van der Waals surface area contributed by atoms with Crippen LogP contribution in [-0.2, 0) is 6.54 Å². The number of amides is 1. The highest BCUT2D eigenvalue weighted by Crippen LogP contribution is 2.08. The molecule has 1 aromatic heterocycles. The van der Waals surface area contributed by atoms with Gasteiger partial charge in [-0.15, -0.1) is 0 Å². The predicted octanol–water partition coefficient (Wildman–Crippen LogP) is 1.78. The summed E-state index contributed by atoms with van der Waals surface area (Å²) in [5.41, 5.74) is 6.44. The van der Waals surface area contributed by atoms with Crippen molar-refractivity contribution in [2.75, 3.05) is 39.8 Å². The summed E-state index contributed by atoms with van der Waals surface area (Å²) < 4.78 is 5.40. The third-order valence-corrected chi connectivity index (χ3v) is 4.68. The summed E-state index contributed by atoms with van der Waals surface area (Å²) in [5, 5.41) is 3.28. The number of nitrogens with zero attached hydrogens (tertiary/aromatic N) is 3. The molecule has 0 atom stereocenters. The molecule has 148 valence electrons. The molecule has 1 amide bonds. The molecule has 2 heterocycles. The van der Waals surface area contributed by atoms with E-state index in [9.17, 15) is 4.79 Å². The van der Waals surface area contributed by atoms with Gasteiger partial charge in [0.05, 0.1) is 6.54 Å². The van der Waals surface area contributed by atoms with E-state index in [0.717, 1.165) is 38.7 Å². The minimum atomic E-state index is -0.562. The number of furan rings is 1. The molecule has 1 fully saturated rings. The molecule has 0 spiro atoms. The van der Waals surface area contributed by atoms with Crippen LogP contribution in [0.4, 0.5) is 0 Å². The molecule has 0 radical (unpaired) electrons. The Labute approximate surface area is 165 Å². The average molecular weight is 381 g/mol. The second-order valence-electron chi connectivity index (χ2n) is 6.63. The molecule has 1 aliphatic heterocycles. The highest BCUT2D eigenvalue weighted by molar-refractivity contribution is 5.89. The number of nitrogens with one attached hydrogen (secondary N) is 1. The minimum absolute atomic E-state index is 0.170. The van der Waals surface area contributed by atoms with Crippen LogP contribution in [0, 0.1) is 0 Å². The van der Waals surface area contributed by atoms with E-state index in [-0.39, 0.29) is 5.76 Å². The fourth-order valence-electron chi connectivity index (χ4n) is 3.15. The highest BCUT2D eigenvalue weighted by atomic mass is 16.3. The topological polar surface area (TPSA) is 87.1 Å². The molecule has 0 unspecified atom stereocenters. The predicted molar refractivity (Wildman–Crippen MR) is 111 cm³/mol. The third-order valence-electron chi connectivity index (χ3n) is 4.68. The van der Waals surface area contributed by atoms with Crippen molar-refractivity contribution in [1.82, 2.24) is 15.1 Å². The standard InChI is InChI=1S/C21H27N5O2/c1-23-21(24-16-18-9-10-19(28-18)20(22)27)26-14-12-25(13-15-26)11-5-8-17-6-3-2-4-7-17/h2-10H,11-16H2,1H3,(H2,22,27)(H,23,24)/b8-5+. The minimum Gasteiger partial charge on any atom is -0.454 e. The molecule has 2 aromatic rings. The van der Waals surface area contributed by atoms with Gasteiger partial charge in [-0.25, -0.2) is 0 Å². The van der Waals surface area contributed by atoms with Crippen LogP contribution in [0.25, 0.3) is 6.08 Å². The third kappa shape index (κ3) is 5.47. The van der Waals surface area contributed by atoms with Crippen LogP contribution in [0.1, 0.15) is 21.9 Å². The van der Waals surface area contributed by atoms with Crippen LogP contribution >= 0.6 is 0 Å². The number of hydrogen-bond donors (Lipinski definition) is 2. The Balaban J connectivity index is 1.43. The number of nitrogens with two attached hydrogens (primary N) is 1. The zero-order valence-corrected chi connectivity index (χ0v) is 16.2. The van der Waals surface area contributed by atoms with Crippen LogP contribution < -0.4 is 11.1 Å². The van der Waals surface area contributed by atoms with E-state index in [4.69, 9.17) is 10.2 Å². The first kappa shape index (κ1) is 19.7. The SMILES string of the molecule is CN=C(NCc1ccc(C(N)=O)o1)N1CCN(C/C=C/c2ccccc2)CC1. The molecule has 1 aliphatic rings. The van der Waals surface area contributed by atoms with Crippen molar-refractivity contribution in [2.24, 2.45) is 10.7 Å². The molecule has 0 saturated carbocycles. The maximum absolute atomic E-state index is 11.1. The second-order valence-corrected chi connectivity index (χ2v) is 6.63.